The summed E-state index contributed by atoms with van der Waals surface area (Å²) >= 11 is 0. The maximum absolute atomic E-state index is 9.70. The van der Waals surface area contributed by atoms with Gasteiger partial charge < -0.3 is 20.3 Å². The number of rotatable bonds is 8. The van der Waals surface area contributed by atoms with E-state index in [0.717, 1.165) is 25.5 Å². The maximum atomic E-state index is 9.70. The van der Waals surface area contributed by atoms with Crippen LogP contribution in [0.3, 0.4) is 0 Å². The van der Waals surface area contributed by atoms with Crippen LogP contribution in [0.5, 0.6) is 5.88 Å². The highest BCUT2D eigenvalue weighted by atomic mass is 28.3. The van der Waals surface area contributed by atoms with Crippen molar-refractivity contribution in [3.63, 3.8) is 0 Å². The fraction of sp³-hybridized carbons (Fsp3) is 0.800. The summed E-state index contributed by atoms with van der Waals surface area (Å²) in [4.78, 5) is 0. The third-order valence-corrected chi connectivity index (χ3v) is 5.59. The first-order valence-electron chi connectivity index (χ1n) is 7.90. The molecule has 7 heteroatoms. The van der Waals surface area contributed by atoms with Crippen molar-refractivity contribution in [2.75, 3.05) is 18.9 Å². The van der Waals surface area contributed by atoms with Gasteiger partial charge in [-0.15, -0.1) is 5.10 Å². The van der Waals surface area contributed by atoms with Crippen LogP contribution >= 0.6 is 0 Å². The molecule has 0 aromatic carbocycles. The first-order valence-corrected chi connectivity index (χ1v) is 11.6. The summed E-state index contributed by atoms with van der Waals surface area (Å²) in [5.74, 6) is 0.841. The first-order chi connectivity index (χ1) is 10.1. The summed E-state index contributed by atoms with van der Waals surface area (Å²) in [5, 5.41) is 14.0. The summed E-state index contributed by atoms with van der Waals surface area (Å²) in [6, 6.07) is 1.13. The van der Waals surface area contributed by atoms with Crippen LogP contribution in [0.1, 0.15) is 19.8 Å². The molecule has 126 valence electrons. The zero-order valence-corrected chi connectivity index (χ0v) is 15.1. The molecular formula is C15H29N3O3Si. The Bertz CT molecular complexity index is 489. The standard InChI is InChI=1S/C15H29N3O3Si/c1-15(19)7-12(8-15)10-21-14-13(16)9-18(17-14)11-20-5-6-22(2,3)4/h9,12,19H,5-8,10-11,16H2,1-4H3. The molecule has 1 aliphatic rings. The van der Waals surface area contributed by atoms with Crippen molar-refractivity contribution in [2.24, 2.45) is 5.92 Å². The lowest BCUT2D eigenvalue weighted by Crippen LogP contribution is -2.43. The van der Waals surface area contributed by atoms with Gasteiger partial charge in [-0.2, -0.15) is 0 Å². The molecule has 0 saturated heterocycles. The highest BCUT2D eigenvalue weighted by Crippen LogP contribution is 2.37. The molecule has 6 nitrogen and oxygen atoms in total. The van der Waals surface area contributed by atoms with E-state index in [9.17, 15) is 5.11 Å². The largest absolute Gasteiger partial charge is 0.475 e. The number of hydrogen-bond donors (Lipinski definition) is 2. The Kier molecular flexibility index (Phi) is 5.19. The van der Waals surface area contributed by atoms with E-state index in [0.29, 0.717) is 30.8 Å². The number of aromatic nitrogens is 2. The monoisotopic (exact) mass is 327 g/mol. The number of ether oxygens (including phenoxy) is 2. The molecule has 0 aliphatic heterocycles. The second kappa shape index (κ2) is 6.60. The van der Waals surface area contributed by atoms with Crippen LogP contribution in [0, 0.1) is 5.92 Å². The van der Waals surface area contributed by atoms with E-state index in [4.69, 9.17) is 15.2 Å². The van der Waals surface area contributed by atoms with E-state index in [2.05, 4.69) is 24.7 Å². The molecule has 1 aromatic heterocycles. The minimum Gasteiger partial charge on any atom is -0.475 e. The summed E-state index contributed by atoms with van der Waals surface area (Å²) in [7, 11) is -1.06. The Labute approximate surface area is 133 Å². The Hall–Kier alpha value is -1.05. The van der Waals surface area contributed by atoms with Crippen molar-refractivity contribution in [3.8, 4) is 5.88 Å². The average molecular weight is 328 g/mol. The van der Waals surface area contributed by atoms with Crippen LogP contribution in [0.2, 0.25) is 25.7 Å². The Morgan fingerprint density at radius 1 is 1.45 bits per heavy atom. The van der Waals surface area contributed by atoms with Gasteiger partial charge in [-0.25, -0.2) is 4.68 Å². The van der Waals surface area contributed by atoms with Crippen molar-refractivity contribution in [3.05, 3.63) is 6.20 Å². The lowest BCUT2D eigenvalue weighted by atomic mass is 9.73. The molecule has 2 rings (SSSR count). The van der Waals surface area contributed by atoms with Gasteiger partial charge in [-0.3, -0.25) is 0 Å². The molecular weight excluding hydrogens is 298 g/mol. The van der Waals surface area contributed by atoms with Crippen molar-refractivity contribution in [1.82, 2.24) is 9.78 Å². The SMILES string of the molecule is CC1(O)CC(COc2nn(COCC[Si](C)(C)C)cc2N)C1. The van der Waals surface area contributed by atoms with E-state index < -0.39 is 13.7 Å². The van der Waals surface area contributed by atoms with Crippen LogP contribution in [-0.4, -0.2) is 41.8 Å². The van der Waals surface area contributed by atoms with Crippen molar-refractivity contribution >= 4 is 13.8 Å². The normalized spacial score (nSPS) is 25.0. The molecule has 0 amide bonds. The fourth-order valence-electron chi connectivity index (χ4n) is 2.63. The predicted molar refractivity (Wildman–Crippen MR) is 89.6 cm³/mol. The molecule has 1 saturated carbocycles. The van der Waals surface area contributed by atoms with Gasteiger partial charge in [-0.05, 0) is 31.7 Å². The predicted octanol–water partition coefficient (Wildman–Crippen LogP) is 2.32. The summed E-state index contributed by atoms with van der Waals surface area (Å²) in [6.45, 7) is 10.5. The van der Waals surface area contributed by atoms with Gasteiger partial charge in [0.1, 0.15) is 12.4 Å². The molecule has 0 spiro atoms. The fourth-order valence-corrected chi connectivity index (χ4v) is 3.39. The van der Waals surface area contributed by atoms with Crippen molar-refractivity contribution in [2.45, 2.75) is 57.8 Å². The van der Waals surface area contributed by atoms with E-state index in [1.54, 1.807) is 10.9 Å². The number of aliphatic hydroxyl groups is 1. The van der Waals surface area contributed by atoms with Gasteiger partial charge in [0.15, 0.2) is 0 Å². The minimum absolute atomic E-state index is 0.382. The maximum Gasteiger partial charge on any atom is 0.256 e. The molecule has 3 N–H and O–H groups in total. The van der Waals surface area contributed by atoms with Gasteiger partial charge >= 0.3 is 0 Å². The minimum atomic E-state index is -1.06. The molecule has 0 atom stereocenters. The number of nitrogens with two attached hydrogens (primary N) is 1. The molecule has 0 unspecified atom stereocenters. The molecule has 1 heterocycles. The topological polar surface area (TPSA) is 82.5 Å². The lowest BCUT2D eigenvalue weighted by molar-refractivity contribution is -0.0694. The third-order valence-electron chi connectivity index (χ3n) is 3.89. The molecule has 1 fully saturated rings. The van der Waals surface area contributed by atoms with E-state index in [-0.39, 0.29) is 0 Å². The summed E-state index contributed by atoms with van der Waals surface area (Å²) < 4.78 is 13.0. The smallest absolute Gasteiger partial charge is 0.256 e. The number of hydrogen-bond acceptors (Lipinski definition) is 5. The quantitative estimate of drug-likeness (QED) is 0.565. The zero-order valence-electron chi connectivity index (χ0n) is 14.1. The highest BCUT2D eigenvalue weighted by Gasteiger charge is 2.38. The van der Waals surface area contributed by atoms with Crippen molar-refractivity contribution in [1.29, 1.82) is 0 Å². The Morgan fingerprint density at radius 2 is 2.14 bits per heavy atom. The molecule has 1 aliphatic carbocycles. The molecule has 0 bridgehead atoms. The van der Waals surface area contributed by atoms with E-state index in [1.165, 1.54) is 0 Å². The second-order valence-electron chi connectivity index (χ2n) is 7.86. The van der Waals surface area contributed by atoms with Crippen LogP contribution in [0.4, 0.5) is 5.69 Å². The van der Waals surface area contributed by atoms with Gasteiger partial charge in [0.2, 0.25) is 0 Å². The van der Waals surface area contributed by atoms with Gasteiger partial charge in [0.05, 0.1) is 18.4 Å². The average Bonchev–Trinajstić information content (AvgIpc) is 2.69. The summed E-state index contributed by atoms with van der Waals surface area (Å²) in [6.07, 6.45) is 3.28. The van der Waals surface area contributed by atoms with E-state index >= 15 is 0 Å². The number of nitrogens with zero attached hydrogens (tertiary/aromatic N) is 2. The van der Waals surface area contributed by atoms with Gasteiger partial charge in [0.25, 0.3) is 5.88 Å². The lowest BCUT2D eigenvalue weighted by Gasteiger charge is -2.40. The Balaban J connectivity index is 1.72. The van der Waals surface area contributed by atoms with Crippen LogP contribution in [0.25, 0.3) is 0 Å². The Morgan fingerprint density at radius 3 is 2.73 bits per heavy atom. The van der Waals surface area contributed by atoms with E-state index in [1.807, 2.05) is 6.92 Å². The molecule has 0 radical (unpaired) electrons. The van der Waals surface area contributed by atoms with Crippen LogP contribution < -0.4 is 10.5 Å². The molecule has 1 aromatic rings. The van der Waals surface area contributed by atoms with Gasteiger partial charge in [0, 0.05) is 14.7 Å². The second-order valence-corrected chi connectivity index (χ2v) is 13.5. The van der Waals surface area contributed by atoms with Crippen LogP contribution in [0.15, 0.2) is 6.20 Å². The molecule has 22 heavy (non-hydrogen) atoms. The third kappa shape index (κ3) is 5.30. The van der Waals surface area contributed by atoms with Crippen LogP contribution in [-0.2, 0) is 11.5 Å². The zero-order chi connectivity index (χ0) is 16.4. The first kappa shape index (κ1) is 17.3. The van der Waals surface area contributed by atoms with Crippen molar-refractivity contribution < 1.29 is 14.6 Å². The number of anilines is 1. The summed E-state index contributed by atoms with van der Waals surface area (Å²) in [5.41, 5.74) is 5.91. The van der Waals surface area contributed by atoms with Gasteiger partial charge in [-0.1, -0.05) is 19.6 Å². The number of nitrogen functional groups attached to an aromatic ring is 1. The highest BCUT2D eigenvalue weighted by molar-refractivity contribution is 6.76.